The highest BCUT2D eigenvalue weighted by atomic mass is 32.2. The summed E-state index contributed by atoms with van der Waals surface area (Å²) in [4.78, 5) is 32.9. The van der Waals surface area contributed by atoms with Crippen LogP contribution in [0, 0.1) is 11.8 Å². The predicted octanol–water partition coefficient (Wildman–Crippen LogP) is 3.70. The van der Waals surface area contributed by atoms with Crippen molar-refractivity contribution < 1.29 is 33.1 Å². The van der Waals surface area contributed by atoms with Gasteiger partial charge in [-0.3, -0.25) is 4.79 Å². The summed E-state index contributed by atoms with van der Waals surface area (Å²) < 4.78 is 33.9. The minimum absolute atomic E-state index is 0.0124. The van der Waals surface area contributed by atoms with Crippen molar-refractivity contribution in [3.63, 3.8) is 0 Å². The summed E-state index contributed by atoms with van der Waals surface area (Å²) in [6.07, 6.45) is 0.0915. The van der Waals surface area contributed by atoms with Gasteiger partial charge in [0.2, 0.25) is 15.9 Å². The summed E-state index contributed by atoms with van der Waals surface area (Å²) >= 11 is 1.43. The third-order valence-electron chi connectivity index (χ3n) is 7.62. The van der Waals surface area contributed by atoms with Crippen LogP contribution in [0.2, 0.25) is 0 Å². The molecule has 3 atom stereocenters. The van der Waals surface area contributed by atoms with E-state index in [1.54, 1.807) is 28.0 Å². The molecule has 1 heterocycles. The molecule has 13 nitrogen and oxygen atoms in total. The normalized spacial score (nSPS) is 13.9. The lowest BCUT2D eigenvalue weighted by atomic mass is 9.98. The average molecular weight is 717 g/mol. The molecule has 0 aliphatic heterocycles. The first-order valence-electron chi connectivity index (χ1n) is 16.0. The Morgan fingerprint density at radius 2 is 1.71 bits per heavy atom. The number of carbonyl (C=O) groups is 2. The van der Waals surface area contributed by atoms with Crippen molar-refractivity contribution in [2.24, 2.45) is 17.0 Å². The number of ether oxygens (including phenoxy) is 1. The highest BCUT2D eigenvalue weighted by molar-refractivity contribution is 7.89. The molecule has 0 fully saturated rings. The van der Waals surface area contributed by atoms with Gasteiger partial charge in [0.25, 0.3) is 0 Å². The smallest absolute Gasteiger partial charge is 0.318 e. The number of aromatic nitrogens is 1. The Morgan fingerprint density at radius 1 is 1.04 bits per heavy atom. The second-order valence-corrected chi connectivity index (χ2v) is 15.5. The van der Waals surface area contributed by atoms with E-state index in [9.17, 15) is 23.1 Å². The third-order valence-corrected chi connectivity index (χ3v) is 10.3. The van der Waals surface area contributed by atoms with Crippen molar-refractivity contribution in [1.29, 1.82) is 0 Å². The zero-order chi connectivity index (χ0) is 36.1. The number of benzene rings is 2. The highest BCUT2D eigenvalue weighted by Gasteiger charge is 2.34. The SMILES string of the molecule is COCc1nc(CN(C)C(=O)NC(C(=O)N[C@@H](Cc2ccccc2)[C@H](O)CN(CC(C)C)S(=O)(=O)c2ccc(/C=N/O)cc2)C(C)C)cs1. The van der Waals surface area contributed by atoms with Crippen molar-refractivity contribution in [3.8, 4) is 0 Å². The number of amides is 3. The lowest BCUT2D eigenvalue weighted by Crippen LogP contribution is -2.58. The largest absolute Gasteiger partial charge is 0.411 e. The third kappa shape index (κ3) is 11.9. The topological polar surface area (TPSA) is 174 Å². The van der Waals surface area contributed by atoms with E-state index < -0.39 is 40.1 Å². The Labute approximate surface area is 293 Å². The van der Waals surface area contributed by atoms with Gasteiger partial charge in [-0.25, -0.2) is 18.2 Å². The fourth-order valence-electron chi connectivity index (χ4n) is 5.08. The molecule has 1 aromatic heterocycles. The van der Waals surface area contributed by atoms with Gasteiger partial charge in [0.15, 0.2) is 0 Å². The van der Waals surface area contributed by atoms with E-state index in [1.165, 1.54) is 51.0 Å². The second-order valence-electron chi connectivity index (χ2n) is 12.6. The molecular weight excluding hydrogens is 669 g/mol. The van der Waals surface area contributed by atoms with E-state index >= 15 is 0 Å². The number of oxime groups is 1. The van der Waals surface area contributed by atoms with E-state index in [2.05, 4.69) is 20.8 Å². The maximum Gasteiger partial charge on any atom is 0.318 e. The molecule has 15 heteroatoms. The molecule has 4 N–H and O–H groups in total. The minimum Gasteiger partial charge on any atom is -0.411 e. The number of nitrogens with one attached hydrogen (secondary N) is 2. The summed E-state index contributed by atoms with van der Waals surface area (Å²) in [5.41, 5.74) is 2.04. The number of carbonyl (C=O) groups excluding carboxylic acids is 2. The lowest BCUT2D eigenvalue weighted by Gasteiger charge is -2.32. The van der Waals surface area contributed by atoms with Gasteiger partial charge in [0.05, 0.1) is 42.1 Å². The van der Waals surface area contributed by atoms with Crippen LogP contribution in [0.3, 0.4) is 0 Å². The van der Waals surface area contributed by atoms with Crippen LogP contribution in [0.1, 0.15) is 49.5 Å². The van der Waals surface area contributed by atoms with Crippen molar-refractivity contribution in [2.75, 3.05) is 27.2 Å². The molecule has 0 aliphatic carbocycles. The van der Waals surface area contributed by atoms with Gasteiger partial charge in [0.1, 0.15) is 11.0 Å². The number of hydrogen-bond donors (Lipinski definition) is 4. The Hall–Kier alpha value is -3.89. The number of nitrogens with zero attached hydrogens (tertiary/aromatic N) is 4. The molecule has 0 saturated carbocycles. The first-order chi connectivity index (χ1) is 23.2. The number of rotatable bonds is 18. The van der Waals surface area contributed by atoms with Gasteiger partial charge >= 0.3 is 6.03 Å². The highest BCUT2D eigenvalue weighted by Crippen LogP contribution is 2.20. The van der Waals surface area contributed by atoms with Crippen LogP contribution in [0.15, 0.2) is 70.0 Å². The molecule has 1 unspecified atom stereocenters. The quantitative estimate of drug-likeness (QED) is 0.0877. The number of urea groups is 1. The van der Waals surface area contributed by atoms with Crippen LogP contribution in [-0.4, -0.2) is 96.5 Å². The molecular formula is C34H48N6O7S2. The average Bonchev–Trinajstić information content (AvgIpc) is 3.50. The minimum atomic E-state index is -4.06. The maximum atomic E-state index is 13.8. The Bertz CT molecular complexity index is 1620. The van der Waals surface area contributed by atoms with E-state index in [1.807, 2.05) is 49.6 Å². The van der Waals surface area contributed by atoms with Gasteiger partial charge in [-0.2, -0.15) is 4.31 Å². The summed E-state index contributed by atoms with van der Waals surface area (Å²) in [6.45, 7) is 7.79. The summed E-state index contributed by atoms with van der Waals surface area (Å²) in [5, 5.41) is 31.8. The van der Waals surface area contributed by atoms with E-state index in [4.69, 9.17) is 9.94 Å². The number of methoxy groups -OCH3 is 1. The molecule has 2 aromatic carbocycles. The summed E-state index contributed by atoms with van der Waals surface area (Å²) in [7, 11) is -0.865. The Kier molecular flexibility index (Phi) is 15.1. The lowest BCUT2D eigenvalue weighted by molar-refractivity contribution is -0.125. The molecule has 0 radical (unpaired) electrons. The van der Waals surface area contributed by atoms with E-state index in [0.717, 1.165) is 10.6 Å². The molecule has 0 aliphatic rings. The molecule has 268 valence electrons. The monoisotopic (exact) mass is 716 g/mol. The first kappa shape index (κ1) is 39.5. The van der Waals surface area contributed by atoms with Crippen LogP contribution >= 0.6 is 11.3 Å². The molecule has 0 spiro atoms. The predicted molar refractivity (Wildman–Crippen MR) is 189 cm³/mol. The van der Waals surface area contributed by atoms with Crippen molar-refractivity contribution in [3.05, 3.63) is 81.8 Å². The summed E-state index contributed by atoms with van der Waals surface area (Å²) in [5.74, 6) is -0.887. The standard InChI is InChI=1S/C34H48N6O7S2/c1-23(2)18-40(49(45,46)28-14-12-26(13-15-28)17-35-44)20-30(41)29(16-25-10-8-7-9-11-25)37-33(42)32(24(3)4)38-34(43)39(5)19-27-22-48-31(36-27)21-47-6/h7-15,17,22-24,29-30,32,41,44H,16,18-21H2,1-6H3,(H,37,42)(H,38,43)/b35-17+/t29-,30+,32?/m0/s1. The summed E-state index contributed by atoms with van der Waals surface area (Å²) in [6, 6.07) is 12.8. The van der Waals surface area contributed by atoms with Crippen LogP contribution in [0.4, 0.5) is 4.79 Å². The first-order valence-corrected chi connectivity index (χ1v) is 18.3. The molecule has 0 saturated heterocycles. The Morgan fingerprint density at radius 3 is 2.31 bits per heavy atom. The number of thiazole rings is 1. The zero-order valence-electron chi connectivity index (χ0n) is 28.8. The van der Waals surface area contributed by atoms with Gasteiger partial charge in [-0.15, -0.1) is 11.3 Å². The molecule has 49 heavy (non-hydrogen) atoms. The molecule has 0 bridgehead atoms. The number of aliphatic hydroxyl groups excluding tert-OH is 1. The number of aliphatic hydroxyl groups is 1. The van der Waals surface area contributed by atoms with Crippen LogP contribution < -0.4 is 10.6 Å². The fourth-order valence-corrected chi connectivity index (χ4v) is 7.46. The van der Waals surface area contributed by atoms with Crippen LogP contribution in [-0.2, 0) is 39.1 Å². The molecule has 3 aromatic rings. The zero-order valence-corrected chi connectivity index (χ0v) is 30.4. The van der Waals surface area contributed by atoms with Crippen molar-refractivity contribution in [1.82, 2.24) is 24.8 Å². The molecule has 3 amide bonds. The van der Waals surface area contributed by atoms with Gasteiger partial charge in [-0.05, 0) is 41.5 Å². The van der Waals surface area contributed by atoms with Crippen LogP contribution in [0.5, 0.6) is 0 Å². The molecule has 3 rings (SSSR count). The van der Waals surface area contributed by atoms with Gasteiger partial charge in [-0.1, -0.05) is 75.3 Å². The van der Waals surface area contributed by atoms with Crippen LogP contribution in [0.25, 0.3) is 0 Å². The van der Waals surface area contributed by atoms with Crippen molar-refractivity contribution in [2.45, 2.75) is 70.4 Å². The second kappa shape index (κ2) is 18.8. The van der Waals surface area contributed by atoms with Gasteiger partial charge < -0.3 is 30.6 Å². The van der Waals surface area contributed by atoms with Gasteiger partial charge in [0, 0.05) is 32.6 Å². The number of hydrogen-bond acceptors (Lipinski definition) is 10. The van der Waals surface area contributed by atoms with E-state index in [-0.39, 0.29) is 42.8 Å². The number of sulfonamides is 1. The maximum absolute atomic E-state index is 13.8. The van der Waals surface area contributed by atoms with E-state index in [0.29, 0.717) is 17.9 Å². The Balaban J connectivity index is 1.82. The van der Waals surface area contributed by atoms with Crippen molar-refractivity contribution >= 4 is 39.5 Å². The fraction of sp³-hybridized carbons (Fsp3) is 0.471.